The first kappa shape index (κ1) is 16.5. The van der Waals surface area contributed by atoms with Gasteiger partial charge in [0.15, 0.2) is 0 Å². The van der Waals surface area contributed by atoms with Gasteiger partial charge < -0.3 is 15.7 Å². The van der Waals surface area contributed by atoms with Gasteiger partial charge in [0.05, 0.1) is 6.54 Å². The first-order valence-electron chi connectivity index (χ1n) is 7.30. The first-order chi connectivity index (χ1) is 10.4. The van der Waals surface area contributed by atoms with E-state index in [9.17, 15) is 9.90 Å². The molecule has 0 saturated carbocycles. The molecule has 0 fully saturated rings. The largest absolute Gasteiger partial charge is 0.383 e. The number of carbonyl (C=O) groups is 1. The summed E-state index contributed by atoms with van der Waals surface area (Å²) in [6.07, 6.45) is 0. The summed E-state index contributed by atoms with van der Waals surface area (Å²) >= 11 is 1.47. The Morgan fingerprint density at radius 2 is 2.00 bits per heavy atom. The molecule has 0 radical (unpaired) electrons. The van der Waals surface area contributed by atoms with E-state index < -0.39 is 5.60 Å². The molecule has 118 valence electrons. The van der Waals surface area contributed by atoms with Gasteiger partial charge in [-0.2, -0.15) is 0 Å². The summed E-state index contributed by atoms with van der Waals surface area (Å²) in [4.78, 5) is 12.9. The van der Waals surface area contributed by atoms with Crippen molar-refractivity contribution < 1.29 is 9.90 Å². The van der Waals surface area contributed by atoms with Gasteiger partial charge in [0.1, 0.15) is 5.60 Å². The third kappa shape index (κ3) is 4.08. The molecule has 0 saturated heterocycles. The lowest BCUT2D eigenvalue weighted by atomic mass is 10.0. The second-order valence-corrected chi connectivity index (χ2v) is 6.75. The van der Waals surface area contributed by atoms with Crippen molar-refractivity contribution in [2.45, 2.75) is 32.3 Å². The lowest BCUT2D eigenvalue weighted by Gasteiger charge is -2.22. The topological polar surface area (TPSA) is 61.4 Å². The van der Waals surface area contributed by atoms with Crippen molar-refractivity contribution in [2.75, 3.05) is 11.9 Å². The minimum absolute atomic E-state index is 0.156. The van der Waals surface area contributed by atoms with E-state index in [1.807, 2.05) is 41.8 Å². The lowest BCUT2D eigenvalue weighted by molar-refractivity contribution is 0.0637. The van der Waals surface area contributed by atoms with Crippen LogP contribution in [0.1, 0.15) is 37.1 Å². The molecule has 1 unspecified atom stereocenters. The number of nitrogens with one attached hydrogen (secondary N) is 2. The molecular formula is C17H22N2O2S. The van der Waals surface area contributed by atoms with Crippen molar-refractivity contribution in [3.8, 4) is 0 Å². The second-order valence-electron chi connectivity index (χ2n) is 5.80. The van der Waals surface area contributed by atoms with E-state index in [0.717, 1.165) is 16.1 Å². The maximum absolute atomic E-state index is 12.1. The van der Waals surface area contributed by atoms with Crippen LogP contribution in [0.4, 0.5) is 10.5 Å². The molecular weight excluding hydrogens is 296 g/mol. The van der Waals surface area contributed by atoms with E-state index in [2.05, 4.69) is 24.5 Å². The van der Waals surface area contributed by atoms with Crippen LogP contribution in [0.25, 0.3) is 0 Å². The molecule has 1 aromatic heterocycles. The van der Waals surface area contributed by atoms with Crippen molar-refractivity contribution in [1.82, 2.24) is 5.32 Å². The fourth-order valence-electron chi connectivity index (χ4n) is 2.21. The molecule has 4 nitrogen and oxygen atoms in total. The Morgan fingerprint density at radius 3 is 2.64 bits per heavy atom. The Morgan fingerprint density at radius 1 is 1.27 bits per heavy atom. The van der Waals surface area contributed by atoms with Crippen LogP contribution in [0.2, 0.25) is 0 Å². The Balaban J connectivity index is 1.97. The molecule has 1 heterocycles. The smallest absolute Gasteiger partial charge is 0.319 e. The zero-order valence-corrected chi connectivity index (χ0v) is 13.9. The van der Waals surface area contributed by atoms with Gasteiger partial charge in [-0.05, 0) is 35.9 Å². The Kier molecular flexibility index (Phi) is 5.21. The minimum Gasteiger partial charge on any atom is -0.383 e. The van der Waals surface area contributed by atoms with Gasteiger partial charge in [0.2, 0.25) is 0 Å². The van der Waals surface area contributed by atoms with Crippen LogP contribution >= 0.6 is 11.3 Å². The molecule has 0 aliphatic carbocycles. The van der Waals surface area contributed by atoms with Crippen LogP contribution < -0.4 is 10.6 Å². The van der Waals surface area contributed by atoms with Crippen molar-refractivity contribution in [3.63, 3.8) is 0 Å². The predicted molar refractivity (Wildman–Crippen MR) is 91.4 cm³/mol. The molecule has 1 aromatic carbocycles. The van der Waals surface area contributed by atoms with E-state index in [0.29, 0.717) is 5.92 Å². The Hall–Kier alpha value is -1.85. The predicted octanol–water partition coefficient (Wildman–Crippen LogP) is 3.90. The molecule has 5 heteroatoms. The van der Waals surface area contributed by atoms with Crippen LogP contribution in [-0.4, -0.2) is 17.7 Å². The number of aliphatic hydroxyl groups is 1. The molecule has 22 heavy (non-hydrogen) atoms. The highest BCUT2D eigenvalue weighted by atomic mass is 32.1. The van der Waals surface area contributed by atoms with Crippen LogP contribution in [0.5, 0.6) is 0 Å². The quantitative estimate of drug-likeness (QED) is 0.783. The molecule has 2 aromatic rings. The molecule has 0 bridgehead atoms. The maximum atomic E-state index is 12.1. The summed E-state index contributed by atoms with van der Waals surface area (Å²) in [5.74, 6) is 0.325. The zero-order chi connectivity index (χ0) is 16.2. The lowest BCUT2D eigenvalue weighted by Crippen LogP contribution is -2.40. The standard InChI is InChI=1S/C17H22N2O2S/c1-12(2)13-7-4-5-8-14(13)19-16(20)18-11-17(3,21)15-9-6-10-22-15/h4-10,12,21H,11H2,1-3H3,(H2,18,19,20). The first-order valence-corrected chi connectivity index (χ1v) is 8.18. The second kappa shape index (κ2) is 6.94. The summed E-state index contributed by atoms with van der Waals surface area (Å²) in [6.45, 7) is 6.02. The number of carbonyl (C=O) groups excluding carboxylic acids is 1. The SMILES string of the molecule is CC(C)c1ccccc1NC(=O)NCC(C)(O)c1cccs1. The number of benzene rings is 1. The Labute approximate surface area is 135 Å². The third-order valence-corrected chi connectivity index (χ3v) is 4.60. The van der Waals surface area contributed by atoms with Crippen molar-refractivity contribution in [2.24, 2.45) is 0 Å². The fraction of sp³-hybridized carbons (Fsp3) is 0.353. The monoisotopic (exact) mass is 318 g/mol. The summed E-state index contributed by atoms with van der Waals surface area (Å²) in [5.41, 5.74) is 0.816. The summed E-state index contributed by atoms with van der Waals surface area (Å²) in [5, 5.41) is 17.9. The van der Waals surface area contributed by atoms with E-state index in [1.54, 1.807) is 6.92 Å². The molecule has 0 aliphatic heterocycles. The van der Waals surface area contributed by atoms with Crippen LogP contribution in [0.15, 0.2) is 41.8 Å². The highest BCUT2D eigenvalue weighted by Gasteiger charge is 2.24. The Bertz CT molecular complexity index is 621. The van der Waals surface area contributed by atoms with Gasteiger partial charge in [-0.25, -0.2) is 4.79 Å². The molecule has 0 spiro atoms. The van der Waals surface area contributed by atoms with Crippen LogP contribution in [0.3, 0.4) is 0 Å². The average molecular weight is 318 g/mol. The third-order valence-electron chi connectivity index (χ3n) is 3.48. The van der Waals surface area contributed by atoms with E-state index in [1.165, 1.54) is 11.3 Å². The molecule has 0 aliphatic rings. The number of hydrogen-bond acceptors (Lipinski definition) is 3. The molecule has 3 N–H and O–H groups in total. The maximum Gasteiger partial charge on any atom is 0.319 e. The highest BCUT2D eigenvalue weighted by Crippen LogP contribution is 2.25. The average Bonchev–Trinajstić information content (AvgIpc) is 3.01. The van der Waals surface area contributed by atoms with Crippen LogP contribution in [-0.2, 0) is 5.60 Å². The number of hydrogen-bond donors (Lipinski definition) is 3. The van der Waals surface area contributed by atoms with E-state index >= 15 is 0 Å². The van der Waals surface area contributed by atoms with Crippen molar-refractivity contribution in [3.05, 3.63) is 52.2 Å². The molecule has 2 amide bonds. The number of anilines is 1. The van der Waals surface area contributed by atoms with E-state index in [-0.39, 0.29) is 12.6 Å². The number of amides is 2. The van der Waals surface area contributed by atoms with Gasteiger partial charge in [0.25, 0.3) is 0 Å². The molecule has 1 atom stereocenters. The van der Waals surface area contributed by atoms with Crippen molar-refractivity contribution >= 4 is 23.1 Å². The normalized spacial score (nSPS) is 13.7. The zero-order valence-electron chi connectivity index (χ0n) is 13.1. The van der Waals surface area contributed by atoms with Gasteiger partial charge in [-0.1, -0.05) is 38.1 Å². The van der Waals surface area contributed by atoms with Gasteiger partial charge in [0, 0.05) is 10.6 Å². The number of para-hydroxylation sites is 1. The number of thiophene rings is 1. The fourth-order valence-corrected chi connectivity index (χ4v) is 2.99. The highest BCUT2D eigenvalue weighted by molar-refractivity contribution is 7.10. The van der Waals surface area contributed by atoms with Gasteiger partial charge in [-0.3, -0.25) is 0 Å². The van der Waals surface area contributed by atoms with Gasteiger partial charge in [-0.15, -0.1) is 11.3 Å². The minimum atomic E-state index is -1.07. The summed E-state index contributed by atoms with van der Waals surface area (Å²) in [7, 11) is 0. The van der Waals surface area contributed by atoms with Gasteiger partial charge >= 0.3 is 6.03 Å². The summed E-state index contributed by atoms with van der Waals surface area (Å²) < 4.78 is 0. The number of rotatable bonds is 5. The van der Waals surface area contributed by atoms with Crippen LogP contribution in [0, 0.1) is 0 Å². The van der Waals surface area contributed by atoms with Crippen molar-refractivity contribution in [1.29, 1.82) is 0 Å². The molecule has 2 rings (SSSR count). The van der Waals surface area contributed by atoms with E-state index in [4.69, 9.17) is 0 Å². The number of urea groups is 1. The summed E-state index contributed by atoms with van der Waals surface area (Å²) in [6, 6.07) is 11.2.